The number of rotatable bonds is 12. The van der Waals surface area contributed by atoms with E-state index in [0.717, 1.165) is 30.6 Å². The second-order valence-electron chi connectivity index (χ2n) is 12.7. The third-order valence-corrected chi connectivity index (χ3v) is 9.77. The predicted octanol–water partition coefficient (Wildman–Crippen LogP) is 3.84. The van der Waals surface area contributed by atoms with E-state index in [4.69, 9.17) is 16.3 Å². The maximum atomic E-state index is 13.8. The first-order chi connectivity index (χ1) is 21.0. The molecule has 2 amide bonds. The Morgan fingerprint density at radius 3 is 2.30 bits per heavy atom. The molecule has 2 aromatic carbocycles. The van der Waals surface area contributed by atoms with Crippen molar-refractivity contribution in [3.8, 4) is 0 Å². The molecule has 12 heteroatoms. The lowest BCUT2D eigenvalue weighted by Crippen LogP contribution is -2.58. The van der Waals surface area contributed by atoms with E-state index in [1.807, 2.05) is 36.4 Å². The van der Waals surface area contributed by atoms with Crippen LogP contribution in [0, 0.1) is 11.8 Å². The average Bonchev–Trinajstić information content (AvgIpc) is 3.79. The van der Waals surface area contributed by atoms with Crippen molar-refractivity contribution in [3.05, 3.63) is 59.1 Å². The Morgan fingerprint density at radius 1 is 1.02 bits per heavy atom. The fourth-order valence-corrected chi connectivity index (χ4v) is 7.04. The summed E-state index contributed by atoms with van der Waals surface area (Å²) in [4.78, 5) is 32.9. The monoisotopic (exact) mass is 645 g/mol. The van der Waals surface area contributed by atoms with Crippen molar-refractivity contribution in [2.24, 2.45) is 11.8 Å². The van der Waals surface area contributed by atoms with Crippen molar-refractivity contribution in [1.29, 1.82) is 0 Å². The number of carbonyl (C=O) groups excluding carboxylic acids is 2. The summed E-state index contributed by atoms with van der Waals surface area (Å²) in [6, 6.07) is 14.0. The molecule has 3 aliphatic rings. The summed E-state index contributed by atoms with van der Waals surface area (Å²) >= 11 is 6.08. The van der Waals surface area contributed by atoms with E-state index in [1.54, 1.807) is 17.0 Å². The number of para-hydroxylation sites is 2. The molecule has 44 heavy (non-hydrogen) atoms. The fraction of sp³-hybridized carbons (Fsp3) is 0.562. The zero-order valence-electron chi connectivity index (χ0n) is 25.8. The van der Waals surface area contributed by atoms with Gasteiger partial charge < -0.3 is 19.9 Å². The van der Waals surface area contributed by atoms with Crippen LogP contribution in [0.3, 0.4) is 0 Å². The van der Waals surface area contributed by atoms with E-state index in [1.165, 1.54) is 10.6 Å². The molecule has 2 aliphatic heterocycles. The average molecular weight is 646 g/mol. The minimum atomic E-state index is -3.45. The molecule has 2 aromatic rings. The van der Waals surface area contributed by atoms with Gasteiger partial charge in [-0.3, -0.25) is 14.0 Å². The Balaban J connectivity index is 1.24. The first-order valence-electron chi connectivity index (χ1n) is 15.5. The van der Waals surface area contributed by atoms with Crippen LogP contribution in [0.25, 0.3) is 0 Å². The Bertz CT molecular complexity index is 1400. The molecule has 3 fully saturated rings. The van der Waals surface area contributed by atoms with E-state index in [0.29, 0.717) is 74.8 Å². The first-order valence-corrected chi connectivity index (χ1v) is 17.7. The molecule has 0 radical (unpaired) electrons. The van der Waals surface area contributed by atoms with Crippen molar-refractivity contribution in [2.75, 3.05) is 67.8 Å². The van der Waals surface area contributed by atoms with Crippen LogP contribution in [0.4, 0.5) is 16.2 Å². The van der Waals surface area contributed by atoms with E-state index < -0.39 is 22.2 Å². The summed E-state index contributed by atoms with van der Waals surface area (Å²) in [6.07, 6.45) is 2.89. The fourth-order valence-electron chi connectivity index (χ4n) is 5.92. The lowest BCUT2D eigenvalue weighted by Gasteiger charge is -2.40. The zero-order chi connectivity index (χ0) is 31.4. The van der Waals surface area contributed by atoms with Crippen LogP contribution in [-0.4, -0.2) is 101 Å². The lowest BCUT2D eigenvalue weighted by atomic mass is 10.0. The first kappa shape index (κ1) is 32.4. The van der Waals surface area contributed by atoms with Crippen molar-refractivity contribution in [2.45, 2.75) is 45.3 Å². The summed E-state index contributed by atoms with van der Waals surface area (Å²) in [7, 11) is -3.45. The van der Waals surface area contributed by atoms with Gasteiger partial charge in [0.15, 0.2) is 0 Å². The molecular weight excluding hydrogens is 602 g/mol. The maximum Gasteiger partial charge on any atom is 0.408 e. The van der Waals surface area contributed by atoms with Crippen LogP contribution >= 0.6 is 11.6 Å². The minimum Gasteiger partial charge on any atom is -0.443 e. The van der Waals surface area contributed by atoms with Crippen LogP contribution in [0.5, 0.6) is 0 Å². The molecule has 2 saturated heterocycles. The van der Waals surface area contributed by atoms with Crippen LogP contribution in [0.15, 0.2) is 48.5 Å². The number of alkyl carbamates (subject to hydrolysis) is 1. The third kappa shape index (κ3) is 8.57. The Hall–Kier alpha value is -3.02. The third-order valence-electron chi connectivity index (χ3n) is 8.37. The zero-order valence-corrected chi connectivity index (χ0v) is 27.4. The largest absolute Gasteiger partial charge is 0.443 e. The van der Waals surface area contributed by atoms with Gasteiger partial charge in [0.1, 0.15) is 12.1 Å². The standard InChI is InChI=1S/C32H44ClN5O5S/c1-23(2)19-35-21-27(22-35)43-32(40)34-28(18-24-10-12-26(33)13-11-24)31(39)37-16-14-36(15-17-37)29-6-4-5-7-30(29)38(44(3,41)42)20-25-8-9-25/h4-7,10-13,23,25,27-28H,8-9,14-22H2,1-3H3,(H,34,40). The number of piperazine rings is 1. The number of carbonyl (C=O) groups is 2. The molecule has 1 atom stereocenters. The number of hydrogen-bond acceptors (Lipinski definition) is 7. The van der Waals surface area contributed by atoms with Gasteiger partial charge in [-0.1, -0.05) is 49.7 Å². The molecule has 0 aromatic heterocycles. The molecule has 0 bridgehead atoms. The van der Waals surface area contributed by atoms with Crippen LogP contribution in [0.2, 0.25) is 5.02 Å². The van der Waals surface area contributed by atoms with Crippen LogP contribution in [0.1, 0.15) is 32.3 Å². The molecule has 0 spiro atoms. The van der Waals surface area contributed by atoms with Gasteiger partial charge in [0, 0.05) is 63.8 Å². The normalized spacial score (nSPS) is 18.6. The van der Waals surface area contributed by atoms with Gasteiger partial charge in [0.25, 0.3) is 0 Å². The highest BCUT2D eigenvalue weighted by Gasteiger charge is 2.35. The Morgan fingerprint density at radius 2 is 1.68 bits per heavy atom. The number of anilines is 2. The van der Waals surface area contributed by atoms with E-state index in [2.05, 4.69) is 29.0 Å². The number of halogens is 1. The highest BCUT2D eigenvalue weighted by molar-refractivity contribution is 7.92. The highest BCUT2D eigenvalue weighted by atomic mass is 35.5. The summed E-state index contributed by atoms with van der Waals surface area (Å²) in [5.74, 6) is 0.764. The highest BCUT2D eigenvalue weighted by Crippen LogP contribution is 2.37. The maximum absolute atomic E-state index is 13.8. The van der Waals surface area contributed by atoms with E-state index in [9.17, 15) is 18.0 Å². The summed E-state index contributed by atoms with van der Waals surface area (Å²) < 4.78 is 32.7. The van der Waals surface area contributed by atoms with Crippen LogP contribution in [-0.2, 0) is 26.0 Å². The summed E-state index contributed by atoms with van der Waals surface area (Å²) in [5, 5.41) is 3.45. The minimum absolute atomic E-state index is 0.175. The van der Waals surface area contributed by atoms with Gasteiger partial charge in [0.2, 0.25) is 15.9 Å². The van der Waals surface area contributed by atoms with Crippen molar-refractivity contribution in [3.63, 3.8) is 0 Å². The number of hydrogen-bond donors (Lipinski definition) is 1. The molecule has 1 saturated carbocycles. The SMILES string of the molecule is CC(C)CN1CC(OC(=O)NC(Cc2ccc(Cl)cc2)C(=O)N2CCN(c3ccccc3N(CC3CC3)S(C)(=O)=O)CC2)C1. The number of amides is 2. The second-order valence-corrected chi connectivity index (χ2v) is 15.0. The van der Waals surface area contributed by atoms with Crippen molar-refractivity contribution in [1.82, 2.24) is 15.1 Å². The number of ether oxygens (including phenoxy) is 1. The lowest BCUT2D eigenvalue weighted by molar-refractivity contribution is -0.133. The van der Waals surface area contributed by atoms with E-state index in [-0.39, 0.29) is 12.0 Å². The van der Waals surface area contributed by atoms with Gasteiger partial charge in [-0.2, -0.15) is 0 Å². The van der Waals surface area contributed by atoms with Crippen molar-refractivity contribution < 1.29 is 22.7 Å². The van der Waals surface area contributed by atoms with Gasteiger partial charge >= 0.3 is 6.09 Å². The van der Waals surface area contributed by atoms with Gasteiger partial charge in [-0.25, -0.2) is 13.2 Å². The molecule has 1 aliphatic carbocycles. The van der Waals surface area contributed by atoms with Gasteiger partial charge in [0.05, 0.1) is 17.6 Å². The molecule has 1 N–H and O–H groups in total. The Kier molecular flexibility index (Phi) is 10.3. The smallest absolute Gasteiger partial charge is 0.408 e. The quantitative estimate of drug-likeness (QED) is 0.374. The number of nitrogens with zero attached hydrogens (tertiary/aromatic N) is 4. The predicted molar refractivity (Wildman–Crippen MR) is 174 cm³/mol. The number of nitrogens with one attached hydrogen (secondary N) is 1. The van der Waals surface area contributed by atoms with E-state index >= 15 is 0 Å². The van der Waals surface area contributed by atoms with Crippen LogP contribution < -0.4 is 14.5 Å². The van der Waals surface area contributed by atoms with Gasteiger partial charge in [-0.05, 0) is 54.5 Å². The molecule has 1 unspecified atom stereocenters. The number of benzene rings is 2. The molecular formula is C32H44ClN5O5S. The van der Waals surface area contributed by atoms with Crippen molar-refractivity contribution >= 4 is 45.0 Å². The molecule has 5 rings (SSSR count). The number of likely N-dealkylation sites (tertiary alicyclic amines) is 1. The summed E-state index contributed by atoms with van der Waals surface area (Å²) in [5.41, 5.74) is 2.40. The number of sulfonamides is 1. The molecule has 10 nitrogen and oxygen atoms in total. The molecule has 240 valence electrons. The Labute approximate surface area is 266 Å². The van der Waals surface area contributed by atoms with Gasteiger partial charge in [-0.15, -0.1) is 0 Å². The topological polar surface area (TPSA) is 102 Å². The molecule has 2 heterocycles. The second kappa shape index (κ2) is 14.0. The summed E-state index contributed by atoms with van der Waals surface area (Å²) in [6.45, 7) is 9.11.